The summed E-state index contributed by atoms with van der Waals surface area (Å²) in [6.07, 6.45) is 0.327. The van der Waals surface area contributed by atoms with E-state index in [1.807, 2.05) is 0 Å². The molecule has 0 aliphatic rings. The van der Waals surface area contributed by atoms with Crippen molar-refractivity contribution < 1.29 is 23.1 Å². The van der Waals surface area contributed by atoms with Gasteiger partial charge in [0.05, 0.1) is 10.6 Å². The van der Waals surface area contributed by atoms with Crippen LogP contribution in [0.5, 0.6) is 5.75 Å². The van der Waals surface area contributed by atoms with Crippen molar-refractivity contribution >= 4 is 23.7 Å². The first-order valence-corrected chi connectivity index (χ1v) is 4.58. The maximum Gasteiger partial charge on any atom is 0.387 e. The van der Waals surface area contributed by atoms with Crippen LogP contribution in [0, 0.1) is 0 Å². The highest BCUT2D eigenvalue weighted by atomic mass is 35.5. The number of alkyl halides is 2. The molecule has 0 atom stereocenters. The second-order valence-electron chi connectivity index (χ2n) is 2.92. The van der Waals surface area contributed by atoms with Gasteiger partial charge in [-0.3, -0.25) is 9.59 Å². The van der Waals surface area contributed by atoms with Crippen molar-refractivity contribution in [3.05, 3.63) is 28.3 Å². The van der Waals surface area contributed by atoms with Gasteiger partial charge in [-0.2, -0.15) is 8.78 Å². The van der Waals surface area contributed by atoms with Crippen LogP contribution in [-0.2, 0) is 0 Å². The second kappa shape index (κ2) is 5.03. The zero-order chi connectivity index (χ0) is 12.3. The molecule has 86 valence electrons. The van der Waals surface area contributed by atoms with E-state index in [4.69, 9.17) is 11.6 Å². The Kier molecular flexibility index (Phi) is 3.95. The maximum absolute atomic E-state index is 12.0. The number of halogens is 3. The van der Waals surface area contributed by atoms with Crippen LogP contribution in [0.1, 0.15) is 27.6 Å². The third-order valence-corrected chi connectivity index (χ3v) is 2.13. The van der Waals surface area contributed by atoms with Crippen molar-refractivity contribution in [3.8, 4) is 5.75 Å². The third kappa shape index (κ3) is 2.76. The molecule has 0 aliphatic carbocycles. The molecule has 1 aromatic rings. The van der Waals surface area contributed by atoms with Gasteiger partial charge in [0.1, 0.15) is 5.75 Å². The first kappa shape index (κ1) is 12.6. The molecule has 1 rings (SSSR count). The van der Waals surface area contributed by atoms with Gasteiger partial charge in [-0.1, -0.05) is 11.6 Å². The average Bonchev–Trinajstić information content (AvgIpc) is 2.18. The summed E-state index contributed by atoms with van der Waals surface area (Å²) in [5.41, 5.74) is -0.0989. The highest BCUT2D eigenvalue weighted by molar-refractivity contribution is 6.34. The van der Waals surface area contributed by atoms with E-state index in [-0.39, 0.29) is 21.9 Å². The molecule has 0 radical (unpaired) electrons. The van der Waals surface area contributed by atoms with Gasteiger partial charge < -0.3 is 4.74 Å². The molecule has 0 bridgehead atoms. The van der Waals surface area contributed by atoms with E-state index in [0.29, 0.717) is 6.29 Å². The molecule has 0 saturated carbocycles. The fourth-order valence-electron chi connectivity index (χ4n) is 1.13. The molecule has 0 unspecified atom stereocenters. The number of rotatable bonds is 4. The fourth-order valence-corrected chi connectivity index (χ4v) is 1.43. The van der Waals surface area contributed by atoms with Crippen molar-refractivity contribution in [1.29, 1.82) is 0 Å². The molecular weight excluding hydrogens is 242 g/mol. The summed E-state index contributed by atoms with van der Waals surface area (Å²) in [7, 11) is 0. The molecular formula is C10H7ClF2O3. The van der Waals surface area contributed by atoms with Crippen LogP contribution in [-0.4, -0.2) is 18.7 Å². The molecule has 1 aromatic carbocycles. The van der Waals surface area contributed by atoms with Gasteiger partial charge in [-0.05, 0) is 19.1 Å². The predicted molar refractivity (Wildman–Crippen MR) is 53.5 cm³/mol. The van der Waals surface area contributed by atoms with Gasteiger partial charge in [0, 0.05) is 5.56 Å². The standard InChI is InChI=1S/C10H7ClF2O3/c1-5(15)7-3-9(16-10(12)13)6(4-14)2-8(7)11/h2-4,10H,1H3. The molecule has 0 aliphatic heterocycles. The van der Waals surface area contributed by atoms with E-state index in [9.17, 15) is 18.4 Å². The predicted octanol–water partition coefficient (Wildman–Crippen LogP) is 2.96. The molecule has 0 saturated heterocycles. The fraction of sp³-hybridized carbons (Fsp3) is 0.200. The molecule has 3 nitrogen and oxygen atoms in total. The van der Waals surface area contributed by atoms with Crippen molar-refractivity contribution in [1.82, 2.24) is 0 Å². The molecule has 0 heterocycles. The minimum absolute atomic E-state index is 0.0243. The van der Waals surface area contributed by atoms with Crippen LogP contribution < -0.4 is 4.74 Å². The Morgan fingerprint density at radius 2 is 2.12 bits per heavy atom. The molecule has 0 N–H and O–H groups in total. The van der Waals surface area contributed by atoms with E-state index < -0.39 is 12.4 Å². The quantitative estimate of drug-likeness (QED) is 0.608. The Balaban J connectivity index is 3.28. The summed E-state index contributed by atoms with van der Waals surface area (Å²) < 4.78 is 28.1. The summed E-state index contributed by atoms with van der Waals surface area (Å²) >= 11 is 5.69. The van der Waals surface area contributed by atoms with Crippen LogP contribution in [0.2, 0.25) is 5.02 Å². The number of benzene rings is 1. The number of Topliss-reactive ketones (excluding diaryl/α,β-unsaturated/α-hetero) is 1. The minimum Gasteiger partial charge on any atom is -0.434 e. The zero-order valence-corrected chi connectivity index (χ0v) is 8.92. The highest BCUT2D eigenvalue weighted by Crippen LogP contribution is 2.27. The highest BCUT2D eigenvalue weighted by Gasteiger charge is 2.15. The number of hydrogen-bond donors (Lipinski definition) is 0. The largest absolute Gasteiger partial charge is 0.434 e. The van der Waals surface area contributed by atoms with Crippen LogP contribution in [0.15, 0.2) is 12.1 Å². The second-order valence-corrected chi connectivity index (χ2v) is 3.33. The summed E-state index contributed by atoms with van der Waals surface area (Å²) in [6, 6.07) is 2.14. The molecule has 16 heavy (non-hydrogen) atoms. The molecule has 0 amide bonds. The number of hydrogen-bond acceptors (Lipinski definition) is 3. The third-order valence-electron chi connectivity index (χ3n) is 1.82. The molecule has 0 aromatic heterocycles. The van der Waals surface area contributed by atoms with E-state index in [2.05, 4.69) is 4.74 Å². The lowest BCUT2D eigenvalue weighted by Crippen LogP contribution is -2.06. The Hall–Kier alpha value is -1.49. The van der Waals surface area contributed by atoms with Crippen molar-refractivity contribution in [3.63, 3.8) is 0 Å². The van der Waals surface area contributed by atoms with E-state index >= 15 is 0 Å². The maximum atomic E-state index is 12.0. The normalized spacial score (nSPS) is 10.3. The SMILES string of the molecule is CC(=O)c1cc(OC(F)F)c(C=O)cc1Cl. The van der Waals surface area contributed by atoms with Crippen LogP contribution in [0.25, 0.3) is 0 Å². The number of carbonyl (C=O) groups excluding carboxylic acids is 2. The lowest BCUT2D eigenvalue weighted by atomic mass is 10.1. The van der Waals surface area contributed by atoms with E-state index in [1.54, 1.807) is 0 Å². The average molecular weight is 249 g/mol. The Labute approximate surface area is 95.0 Å². The lowest BCUT2D eigenvalue weighted by Gasteiger charge is -2.09. The number of ether oxygens (including phenoxy) is 1. The monoisotopic (exact) mass is 248 g/mol. The topological polar surface area (TPSA) is 43.4 Å². The summed E-state index contributed by atoms with van der Waals surface area (Å²) in [5.74, 6) is -0.763. The van der Waals surface area contributed by atoms with Crippen molar-refractivity contribution in [2.75, 3.05) is 0 Å². The van der Waals surface area contributed by atoms with Crippen molar-refractivity contribution in [2.45, 2.75) is 13.5 Å². The van der Waals surface area contributed by atoms with Gasteiger partial charge in [0.25, 0.3) is 0 Å². The summed E-state index contributed by atoms with van der Waals surface area (Å²) in [4.78, 5) is 21.7. The van der Waals surface area contributed by atoms with Crippen LogP contribution in [0.4, 0.5) is 8.78 Å². The van der Waals surface area contributed by atoms with Gasteiger partial charge >= 0.3 is 6.61 Å². The number of ketones is 1. The molecule has 0 fully saturated rings. The Bertz CT molecular complexity index is 432. The van der Waals surface area contributed by atoms with E-state index in [1.165, 1.54) is 6.92 Å². The van der Waals surface area contributed by atoms with Gasteiger partial charge in [0.15, 0.2) is 12.1 Å². The number of carbonyl (C=O) groups is 2. The minimum atomic E-state index is -3.07. The van der Waals surface area contributed by atoms with Crippen molar-refractivity contribution in [2.24, 2.45) is 0 Å². The van der Waals surface area contributed by atoms with Crippen LogP contribution >= 0.6 is 11.6 Å². The first-order valence-electron chi connectivity index (χ1n) is 4.20. The first-order chi connectivity index (χ1) is 7.45. The van der Waals surface area contributed by atoms with Crippen LogP contribution in [0.3, 0.4) is 0 Å². The van der Waals surface area contributed by atoms with Gasteiger partial charge in [-0.25, -0.2) is 0 Å². The zero-order valence-electron chi connectivity index (χ0n) is 8.17. The van der Waals surface area contributed by atoms with Gasteiger partial charge in [-0.15, -0.1) is 0 Å². The Morgan fingerprint density at radius 1 is 1.50 bits per heavy atom. The Morgan fingerprint density at radius 3 is 2.56 bits per heavy atom. The molecule has 0 spiro atoms. The van der Waals surface area contributed by atoms with E-state index in [0.717, 1.165) is 12.1 Å². The lowest BCUT2D eigenvalue weighted by molar-refractivity contribution is -0.0501. The summed E-state index contributed by atoms with van der Waals surface area (Å²) in [5, 5.41) is 0.0243. The molecule has 6 heteroatoms. The summed E-state index contributed by atoms with van der Waals surface area (Å²) in [6.45, 7) is -1.84. The smallest absolute Gasteiger partial charge is 0.387 e. The van der Waals surface area contributed by atoms with Gasteiger partial charge in [0.2, 0.25) is 0 Å². The number of aldehydes is 1.